The molecule has 106 valence electrons. The van der Waals surface area contributed by atoms with Crippen LogP contribution in [0.3, 0.4) is 0 Å². The fourth-order valence-electron chi connectivity index (χ4n) is 2.39. The minimum absolute atomic E-state index is 0.284. The molecule has 0 aromatic carbocycles. The van der Waals surface area contributed by atoms with Crippen molar-refractivity contribution in [2.75, 3.05) is 19.8 Å². The van der Waals surface area contributed by atoms with Gasteiger partial charge in [-0.2, -0.15) is 0 Å². The number of amidine groups is 1. The molecule has 1 fully saturated rings. The molecule has 0 unspecified atom stereocenters. The van der Waals surface area contributed by atoms with E-state index in [2.05, 4.69) is 20.3 Å². The summed E-state index contributed by atoms with van der Waals surface area (Å²) in [6.07, 6.45) is 6.91. The summed E-state index contributed by atoms with van der Waals surface area (Å²) in [6, 6.07) is 6.19. The predicted octanol–water partition coefficient (Wildman–Crippen LogP) is 0.305. The second kappa shape index (κ2) is 6.02. The van der Waals surface area contributed by atoms with Gasteiger partial charge >= 0.3 is 0 Å². The van der Waals surface area contributed by atoms with E-state index in [9.17, 15) is 0 Å². The van der Waals surface area contributed by atoms with Crippen LogP contribution in [0, 0.1) is 0 Å². The fraction of sp³-hybridized carbons (Fsp3) is 0.429. The first-order chi connectivity index (χ1) is 9.81. The van der Waals surface area contributed by atoms with Gasteiger partial charge in [0.1, 0.15) is 12.5 Å². The first-order valence-corrected chi connectivity index (χ1v) is 6.94. The molecule has 3 rings (SSSR count). The van der Waals surface area contributed by atoms with E-state index in [0.29, 0.717) is 13.2 Å². The Hall–Kier alpha value is -1.92. The second-order valence-corrected chi connectivity index (χ2v) is 5.09. The van der Waals surface area contributed by atoms with E-state index >= 15 is 0 Å². The Morgan fingerprint density at radius 1 is 1.40 bits per heavy atom. The van der Waals surface area contributed by atoms with E-state index in [1.807, 2.05) is 35.5 Å². The maximum Gasteiger partial charge on any atom is 0.127 e. The van der Waals surface area contributed by atoms with Gasteiger partial charge in [0, 0.05) is 31.5 Å². The molecular weight excluding hydrogens is 252 g/mol. The number of pyridine rings is 1. The van der Waals surface area contributed by atoms with Crippen LogP contribution in [0.5, 0.6) is 0 Å². The van der Waals surface area contributed by atoms with Crippen molar-refractivity contribution in [2.24, 2.45) is 10.7 Å². The number of hydrogen-bond acceptors (Lipinski definition) is 6. The van der Waals surface area contributed by atoms with Crippen molar-refractivity contribution in [2.45, 2.75) is 19.0 Å². The predicted molar refractivity (Wildman–Crippen MR) is 78.5 cm³/mol. The highest BCUT2D eigenvalue weighted by Gasteiger charge is 2.21. The van der Waals surface area contributed by atoms with Gasteiger partial charge in [-0.15, -0.1) is 0 Å². The van der Waals surface area contributed by atoms with Gasteiger partial charge in [-0.3, -0.25) is 9.99 Å². The molecule has 20 heavy (non-hydrogen) atoms. The third-order valence-electron chi connectivity index (χ3n) is 3.53. The standard InChI is InChI=1S/C14H20N6/c15-12-4-7-19(10-12)14-5-8-20(11-17-14)18-9-13-3-1-2-6-16-13/h1-3,5-6,8,12,18H,4,7,9-11,15H2/t12-/m1/s1. The lowest BCUT2D eigenvalue weighted by Crippen LogP contribution is -2.39. The van der Waals surface area contributed by atoms with Crippen LogP contribution in [0.1, 0.15) is 12.1 Å². The minimum atomic E-state index is 0.284. The highest BCUT2D eigenvalue weighted by atomic mass is 15.5. The summed E-state index contributed by atoms with van der Waals surface area (Å²) in [4.78, 5) is 11.1. The quantitative estimate of drug-likeness (QED) is 0.828. The number of nitrogens with one attached hydrogen (secondary N) is 1. The Morgan fingerprint density at radius 2 is 2.35 bits per heavy atom. The van der Waals surface area contributed by atoms with Gasteiger partial charge < -0.3 is 10.6 Å². The van der Waals surface area contributed by atoms with Gasteiger partial charge in [0.2, 0.25) is 0 Å². The summed E-state index contributed by atoms with van der Waals surface area (Å²) in [6.45, 7) is 3.23. The molecule has 1 aromatic rings. The van der Waals surface area contributed by atoms with E-state index < -0.39 is 0 Å². The zero-order valence-corrected chi connectivity index (χ0v) is 11.4. The molecule has 1 saturated heterocycles. The SMILES string of the molecule is N[C@@H]1CCN(C2=NCN(NCc3ccccn3)C=C2)C1. The molecule has 1 aromatic heterocycles. The summed E-state index contributed by atoms with van der Waals surface area (Å²) in [5, 5.41) is 1.97. The van der Waals surface area contributed by atoms with E-state index in [4.69, 9.17) is 5.73 Å². The zero-order chi connectivity index (χ0) is 13.8. The Morgan fingerprint density at radius 3 is 3.00 bits per heavy atom. The van der Waals surface area contributed by atoms with Crippen molar-refractivity contribution in [1.82, 2.24) is 20.3 Å². The van der Waals surface area contributed by atoms with Gasteiger partial charge in [0.25, 0.3) is 0 Å². The van der Waals surface area contributed by atoms with Crippen LogP contribution in [-0.2, 0) is 6.54 Å². The fourth-order valence-corrected chi connectivity index (χ4v) is 2.39. The lowest BCUT2D eigenvalue weighted by molar-refractivity contribution is 0.268. The lowest BCUT2D eigenvalue weighted by Gasteiger charge is -2.26. The third kappa shape index (κ3) is 3.15. The molecule has 2 aliphatic heterocycles. The van der Waals surface area contributed by atoms with Crippen LogP contribution in [0.15, 0.2) is 41.7 Å². The van der Waals surface area contributed by atoms with Gasteiger partial charge in [-0.25, -0.2) is 10.4 Å². The molecule has 0 radical (unpaired) electrons. The first-order valence-electron chi connectivity index (χ1n) is 6.94. The van der Waals surface area contributed by atoms with Crippen LogP contribution in [0.2, 0.25) is 0 Å². The largest absolute Gasteiger partial charge is 0.355 e. The Labute approximate surface area is 119 Å². The van der Waals surface area contributed by atoms with E-state index in [1.54, 1.807) is 6.20 Å². The number of aliphatic imine (C=N–C) groups is 1. The molecule has 6 heteroatoms. The monoisotopic (exact) mass is 272 g/mol. The van der Waals surface area contributed by atoms with Crippen LogP contribution >= 0.6 is 0 Å². The lowest BCUT2D eigenvalue weighted by atomic mass is 10.3. The first kappa shape index (κ1) is 13.1. The van der Waals surface area contributed by atoms with Crippen molar-refractivity contribution in [1.29, 1.82) is 0 Å². The van der Waals surface area contributed by atoms with Crippen molar-refractivity contribution >= 4 is 5.84 Å². The number of hydrogen-bond donors (Lipinski definition) is 2. The van der Waals surface area contributed by atoms with Gasteiger partial charge in [-0.05, 0) is 24.6 Å². The van der Waals surface area contributed by atoms with Crippen LogP contribution in [0.25, 0.3) is 0 Å². The summed E-state index contributed by atoms with van der Waals surface area (Å²) >= 11 is 0. The number of nitrogens with zero attached hydrogens (tertiary/aromatic N) is 4. The summed E-state index contributed by atoms with van der Waals surface area (Å²) in [7, 11) is 0. The second-order valence-electron chi connectivity index (χ2n) is 5.09. The van der Waals surface area contributed by atoms with Gasteiger partial charge in [0.15, 0.2) is 0 Å². The summed E-state index contributed by atoms with van der Waals surface area (Å²) in [5.74, 6) is 1.04. The molecule has 1 atom stereocenters. The maximum atomic E-state index is 5.92. The normalized spacial score (nSPS) is 22.2. The van der Waals surface area contributed by atoms with Crippen molar-refractivity contribution in [3.05, 3.63) is 42.4 Å². The highest BCUT2D eigenvalue weighted by Crippen LogP contribution is 2.11. The van der Waals surface area contributed by atoms with Crippen LogP contribution in [-0.4, -0.2) is 46.5 Å². The number of likely N-dealkylation sites (tertiary alicyclic amines) is 1. The molecule has 0 spiro atoms. The van der Waals surface area contributed by atoms with Crippen LogP contribution in [0.4, 0.5) is 0 Å². The molecule has 0 saturated carbocycles. The molecule has 3 N–H and O–H groups in total. The number of rotatable bonds is 3. The summed E-state index contributed by atoms with van der Waals surface area (Å²) in [5.41, 5.74) is 10.2. The number of aromatic nitrogens is 1. The van der Waals surface area contributed by atoms with E-state index in [1.165, 1.54) is 0 Å². The Kier molecular flexibility index (Phi) is 3.94. The molecule has 0 amide bonds. The van der Waals surface area contributed by atoms with Gasteiger partial charge in [-0.1, -0.05) is 6.07 Å². The molecule has 0 aliphatic carbocycles. The average molecular weight is 272 g/mol. The van der Waals surface area contributed by atoms with Crippen LogP contribution < -0.4 is 11.2 Å². The number of hydrazine groups is 1. The number of nitrogens with two attached hydrogens (primary N) is 1. The van der Waals surface area contributed by atoms with Crippen molar-refractivity contribution < 1.29 is 0 Å². The van der Waals surface area contributed by atoms with E-state index in [0.717, 1.165) is 31.0 Å². The molecule has 2 aliphatic rings. The van der Waals surface area contributed by atoms with Gasteiger partial charge in [0.05, 0.1) is 12.2 Å². The summed E-state index contributed by atoms with van der Waals surface area (Å²) < 4.78 is 0. The molecule has 6 nitrogen and oxygen atoms in total. The smallest absolute Gasteiger partial charge is 0.127 e. The molecule has 0 bridgehead atoms. The Balaban J connectivity index is 1.49. The highest BCUT2D eigenvalue weighted by molar-refractivity contribution is 5.93. The minimum Gasteiger partial charge on any atom is -0.355 e. The third-order valence-corrected chi connectivity index (χ3v) is 3.53. The zero-order valence-electron chi connectivity index (χ0n) is 11.4. The average Bonchev–Trinajstić information content (AvgIpc) is 2.93. The molecular formula is C14H20N6. The maximum absolute atomic E-state index is 5.92. The topological polar surface area (TPSA) is 69.8 Å². The van der Waals surface area contributed by atoms with Crippen molar-refractivity contribution in [3.8, 4) is 0 Å². The Bertz CT molecular complexity index is 498. The molecule has 3 heterocycles. The van der Waals surface area contributed by atoms with Crippen molar-refractivity contribution in [3.63, 3.8) is 0 Å². The van der Waals surface area contributed by atoms with E-state index in [-0.39, 0.29) is 6.04 Å².